The minimum Gasteiger partial charge on any atom is -0.496 e. The standard InChI is InChI=1S/C19H21N3O2/c1-24-18-10-14(6-7-16(18)15-11-20-21-12-15)19(23)22-9-8-13-4-2-3-5-17(13)22/h2-7,10,15,20-21H,8-9,11-12H2,1H3. The third-order valence-electron chi connectivity index (χ3n) is 4.87. The fourth-order valence-electron chi connectivity index (χ4n) is 3.57. The molecule has 1 amide bonds. The average molecular weight is 323 g/mol. The molecule has 1 fully saturated rings. The predicted octanol–water partition coefficient (Wildman–Crippen LogP) is 2.09. The number of nitrogens with one attached hydrogen (secondary N) is 2. The van der Waals surface area contributed by atoms with Crippen molar-refractivity contribution in [3.05, 3.63) is 59.2 Å². The smallest absolute Gasteiger partial charge is 0.258 e. The SMILES string of the molecule is COc1cc(C(=O)N2CCc3ccccc32)ccc1C1CNNC1. The number of benzene rings is 2. The number of carbonyl (C=O) groups excluding carboxylic acids is 1. The van der Waals surface area contributed by atoms with Crippen molar-refractivity contribution >= 4 is 11.6 Å². The zero-order valence-corrected chi connectivity index (χ0v) is 13.7. The highest BCUT2D eigenvalue weighted by Crippen LogP contribution is 2.32. The van der Waals surface area contributed by atoms with Crippen LogP contribution in [0.4, 0.5) is 5.69 Å². The van der Waals surface area contributed by atoms with Gasteiger partial charge in [-0.2, -0.15) is 0 Å². The first-order valence-corrected chi connectivity index (χ1v) is 8.31. The van der Waals surface area contributed by atoms with Crippen LogP contribution in [0.2, 0.25) is 0 Å². The minimum atomic E-state index is 0.0347. The van der Waals surface area contributed by atoms with Crippen LogP contribution in [0.1, 0.15) is 27.4 Å². The summed E-state index contributed by atoms with van der Waals surface area (Å²) in [6.45, 7) is 2.46. The molecule has 0 bridgehead atoms. The Kier molecular flexibility index (Phi) is 3.96. The molecule has 124 valence electrons. The number of hydrogen-bond acceptors (Lipinski definition) is 4. The molecule has 0 atom stereocenters. The highest BCUT2D eigenvalue weighted by molar-refractivity contribution is 6.07. The van der Waals surface area contributed by atoms with Gasteiger partial charge in [-0.3, -0.25) is 15.6 Å². The molecule has 0 radical (unpaired) electrons. The third-order valence-corrected chi connectivity index (χ3v) is 4.87. The van der Waals surface area contributed by atoms with Crippen molar-refractivity contribution in [2.45, 2.75) is 12.3 Å². The van der Waals surface area contributed by atoms with Gasteiger partial charge in [0, 0.05) is 36.8 Å². The molecule has 2 aromatic carbocycles. The number of carbonyl (C=O) groups is 1. The van der Waals surface area contributed by atoms with E-state index in [1.165, 1.54) is 5.56 Å². The normalized spacial score (nSPS) is 17.1. The van der Waals surface area contributed by atoms with Crippen LogP contribution in [0.3, 0.4) is 0 Å². The molecule has 0 unspecified atom stereocenters. The van der Waals surface area contributed by atoms with Gasteiger partial charge in [-0.25, -0.2) is 0 Å². The molecule has 5 heteroatoms. The summed E-state index contributed by atoms with van der Waals surface area (Å²) in [5.74, 6) is 1.17. The molecule has 0 aromatic heterocycles. The van der Waals surface area contributed by atoms with Gasteiger partial charge < -0.3 is 9.64 Å². The van der Waals surface area contributed by atoms with E-state index in [1.54, 1.807) is 7.11 Å². The van der Waals surface area contributed by atoms with E-state index in [2.05, 4.69) is 16.9 Å². The van der Waals surface area contributed by atoms with Gasteiger partial charge >= 0.3 is 0 Å². The number of amides is 1. The van der Waals surface area contributed by atoms with Crippen LogP contribution in [-0.2, 0) is 6.42 Å². The Morgan fingerprint density at radius 2 is 1.96 bits per heavy atom. The molecular formula is C19H21N3O2. The fourth-order valence-corrected chi connectivity index (χ4v) is 3.57. The summed E-state index contributed by atoms with van der Waals surface area (Å²) in [7, 11) is 1.66. The number of para-hydroxylation sites is 1. The Hall–Kier alpha value is -2.37. The van der Waals surface area contributed by atoms with Gasteiger partial charge in [-0.05, 0) is 35.7 Å². The van der Waals surface area contributed by atoms with Gasteiger partial charge in [0.2, 0.25) is 0 Å². The lowest BCUT2D eigenvalue weighted by Gasteiger charge is -2.19. The maximum atomic E-state index is 13.0. The zero-order chi connectivity index (χ0) is 16.5. The molecule has 2 aliphatic rings. The lowest BCUT2D eigenvalue weighted by Crippen LogP contribution is -2.29. The van der Waals surface area contributed by atoms with Crippen LogP contribution in [0.5, 0.6) is 5.75 Å². The van der Waals surface area contributed by atoms with Crippen LogP contribution in [0.25, 0.3) is 0 Å². The quantitative estimate of drug-likeness (QED) is 0.908. The number of fused-ring (bicyclic) bond motifs is 1. The van der Waals surface area contributed by atoms with E-state index in [0.717, 1.165) is 43.1 Å². The lowest BCUT2D eigenvalue weighted by atomic mass is 9.97. The maximum Gasteiger partial charge on any atom is 0.258 e. The van der Waals surface area contributed by atoms with Crippen LogP contribution < -0.4 is 20.5 Å². The van der Waals surface area contributed by atoms with Crippen LogP contribution in [-0.4, -0.2) is 32.7 Å². The van der Waals surface area contributed by atoms with Crippen molar-refractivity contribution in [2.24, 2.45) is 0 Å². The fraction of sp³-hybridized carbons (Fsp3) is 0.316. The van der Waals surface area contributed by atoms with E-state index in [0.29, 0.717) is 11.5 Å². The Bertz CT molecular complexity index is 769. The monoisotopic (exact) mass is 323 g/mol. The molecule has 2 aromatic rings. The van der Waals surface area contributed by atoms with Crippen molar-refractivity contribution < 1.29 is 9.53 Å². The Balaban J connectivity index is 1.63. The van der Waals surface area contributed by atoms with Crippen molar-refractivity contribution in [2.75, 3.05) is 31.6 Å². The first-order chi connectivity index (χ1) is 11.8. The van der Waals surface area contributed by atoms with Gasteiger partial charge in [-0.15, -0.1) is 0 Å². The first-order valence-electron chi connectivity index (χ1n) is 8.31. The number of anilines is 1. The number of hydrazine groups is 1. The van der Waals surface area contributed by atoms with Gasteiger partial charge in [-0.1, -0.05) is 24.3 Å². The van der Waals surface area contributed by atoms with Crippen LogP contribution in [0, 0.1) is 0 Å². The van der Waals surface area contributed by atoms with Gasteiger partial charge in [0.1, 0.15) is 5.75 Å². The molecule has 2 heterocycles. The largest absolute Gasteiger partial charge is 0.496 e. The lowest BCUT2D eigenvalue weighted by molar-refractivity contribution is 0.0989. The first kappa shape index (κ1) is 15.2. The van der Waals surface area contributed by atoms with Crippen molar-refractivity contribution in [3.8, 4) is 5.75 Å². The number of ether oxygens (including phenoxy) is 1. The van der Waals surface area contributed by atoms with E-state index >= 15 is 0 Å². The van der Waals surface area contributed by atoms with Gasteiger partial charge in [0.05, 0.1) is 7.11 Å². The minimum absolute atomic E-state index is 0.0347. The third kappa shape index (κ3) is 2.56. The maximum absolute atomic E-state index is 13.0. The molecular weight excluding hydrogens is 302 g/mol. The summed E-state index contributed by atoms with van der Waals surface area (Å²) in [5, 5.41) is 0. The summed E-state index contributed by atoms with van der Waals surface area (Å²) in [5.41, 5.74) is 10.3. The molecule has 0 spiro atoms. The second kappa shape index (κ2) is 6.26. The number of rotatable bonds is 3. The predicted molar refractivity (Wildman–Crippen MR) is 93.6 cm³/mol. The second-order valence-electron chi connectivity index (χ2n) is 6.25. The van der Waals surface area contributed by atoms with E-state index < -0.39 is 0 Å². The van der Waals surface area contributed by atoms with Crippen molar-refractivity contribution in [1.29, 1.82) is 0 Å². The Labute approximate surface area is 141 Å². The summed E-state index contributed by atoms with van der Waals surface area (Å²) in [6.07, 6.45) is 0.913. The van der Waals surface area contributed by atoms with Crippen molar-refractivity contribution in [3.63, 3.8) is 0 Å². The number of nitrogens with zero attached hydrogens (tertiary/aromatic N) is 1. The van der Waals surface area contributed by atoms with Gasteiger partial charge in [0.15, 0.2) is 0 Å². The Morgan fingerprint density at radius 1 is 1.17 bits per heavy atom. The van der Waals surface area contributed by atoms with E-state index in [-0.39, 0.29) is 5.91 Å². The highest BCUT2D eigenvalue weighted by Gasteiger charge is 2.27. The number of hydrogen-bond donors (Lipinski definition) is 2. The van der Waals surface area contributed by atoms with Gasteiger partial charge in [0.25, 0.3) is 5.91 Å². The summed E-state index contributed by atoms with van der Waals surface area (Å²) in [6, 6.07) is 13.9. The van der Waals surface area contributed by atoms with Crippen LogP contribution in [0.15, 0.2) is 42.5 Å². The van der Waals surface area contributed by atoms with Crippen molar-refractivity contribution in [1.82, 2.24) is 10.9 Å². The molecule has 0 saturated carbocycles. The average Bonchev–Trinajstić information content (AvgIpc) is 3.30. The molecule has 2 aliphatic heterocycles. The van der Waals surface area contributed by atoms with E-state index in [1.807, 2.05) is 41.3 Å². The summed E-state index contributed by atoms with van der Waals surface area (Å²) >= 11 is 0. The summed E-state index contributed by atoms with van der Waals surface area (Å²) < 4.78 is 5.55. The van der Waals surface area contributed by atoms with E-state index in [9.17, 15) is 4.79 Å². The topological polar surface area (TPSA) is 53.6 Å². The van der Waals surface area contributed by atoms with Crippen LogP contribution >= 0.6 is 0 Å². The van der Waals surface area contributed by atoms with E-state index in [4.69, 9.17) is 4.74 Å². The molecule has 4 rings (SSSR count). The molecule has 2 N–H and O–H groups in total. The Morgan fingerprint density at radius 3 is 2.75 bits per heavy atom. The molecule has 1 saturated heterocycles. The highest BCUT2D eigenvalue weighted by atomic mass is 16.5. The molecule has 24 heavy (non-hydrogen) atoms. The molecule has 5 nitrogen and oxygen atoms in total. The molecule has 0 aliphatic carbocycles. The second-order valence-corrected chi connectivity index (χ2v) is 6.25. The number of methoxy groups -OCH3 is 1. The zero-order valence-electron chi connectivity index (χ0n) is 13.7. The summed E-state index contributed by atoms with van der Waals surface area (Å²) in [4.78, 5) is 14.8.